The van der Waals surface area contributed by atoms with E-state index in [0.717, 1.165) is 17.7 Å². The van der Waals surface area contributed by atoms with Gasteiger partial charge in [-0.1, -0.05) is 19.1 Å². The Labute approximate surface area is 99.0 Å². The van der Waals surface area contributed by atoms with Crippen molar-refractivity contribution < 1.29 is 9.90 Å². The van der Waals surface area contributed by atoms with Gasteiger partial charge in [-0.05, 0) is 24.6 Å². The van der Waals surface area contributed by atoms with Gasteiger partial charge in [-0.15, -0.1) is 0 Å². The van der Waals surface area contributed by atoms with Crippen LogP contribution in [0.1, 0.15) is 23.0 Å². The van der Waals surface area contributed by atoms with E-state index in [4.69, 9.17) is 5.11 Å². The van der Waals surface area contributed by atoms with E-state index < -0.39 is 5.97 Å². The molecule has 2 aromatic rings. The molecule has 1 aromatic carbocycles. The van der Waals surface area contributed by atoms with Crippen LogP contribution in [0.5, 0.6) is 0 Å². The summed E-state index contributed by atoms with van der Waals surface area (Å²) >= 11 is 0. The van der Waals surface area contributed by atoms with Gasteiger partial charge in [0.1, 0.15) is 0 Å². The minimum absolute atomic E-state index is 0.244. The molecule has 1 aromatic heterocycles. The molecule has 0 atom stereocenters. The predicted molar refractivity (Wildman–Crippen MR) is 63.8 cm³/mol. The second-order valence-electron chi connectivity index (χ2n) is 3.61. The van der Waals surface area contributed by atoms with Gasteiger partial charge in [0.05, 0.1) is 5.56 Å². The molecule has 2 rings (SSSR count). The SMILES string of the molecule is CCc1ccnc(-c2cccc(C(=O)O)c2)n1. The van der Waals surface area contributed by atoms with E-state index in [2.05, 4.69) is 9.97 Å². The van der Waals surface area contributed by atoms with Gasteiger partial charge in [0.25, 0.3) is 0 Å². The van der Waals surface area contributed by atoms with E-state index in [9.17, 15) is 4.79 Å². The maximum Gasteiger partial charge on any atom is 0.335 e. The summed E-state index contributed by atoms with van der Waals surface area (Å²) in [4.78, 5) is 19.4. The molecule has 0 unspecified atom stereocenters. The Morgan fingerprint density at radius 2 is 2.18 bits per heavy atom. The average Bonchev–Trinajstić information content (AvgIpc) is 2.39. The number of carbonyl (C=O) groups is 1. The van der Waals surface area contributed by atoms with Gasteiger partial charge in [0.15, 0.2) is 5.82 Å². The predicted octanol–water partition coefficient (Wildman–Crippen LogP) is 2.40. The molecule has 4 heteroatoms. The van der Waals surface area contributed by atoms with Crippen molar-refractivity contribution in [1.82, 2.24) is 9.97 Å². The van der Waals surface area contributed by atoms with Crippen LogP contribution in [0, 0.1) is 0 Å². The van der Waals surface area contributed by atoms with Crippen molar-refractivity contribution >= 4 is 5.97 Å². The fourth-order valence-electron chi connectivity index (χ4n) is 1.52. The molecular weight excluding hydrogens is 216 g/mol. The van der Waals surface area contributed by atoms with Crippen molar-refractivity contribution in [2.75, 3.05) is 0 Å². The summed E-state index contributed by atoms with van der Waals surface area (Å²) in [7, 11) is 0. The van der Waals surface area contributed by atoms with Crippen molar-refractivity contribution in [3.8, 4) is 11.4 Å². The van der Waals surface area contributed by atoms with Gasteiger partial charge in [-0.2, -0.15) is 0 Å². The van der Waals surface area contributed by atoms with E-state index in [1.165, 1.54) is 0 Å². The molecular formula is C13H12N2O2. The number of hydrogen-bond acceptors (Lipinski definition) is 3. The highest BCUT2D eigenvalue weighted by Gasteiger charge is 2.06. The number of hydrogen-bond donors (Lipinski definition) is 1. The van der Waals surface area contributed by atoms with Gasteiger partial charge < -0.3 is 5.11 Å². The summed E-state index contributed by atoms with van der Waals surface area (Å²) < 4.78 is 0. The van der Waals surface area contributed by atoms with Gasteiger partial charge in [-0.3, -0.25) is 0 Å². The zero-order valence-corrected chi connectivity index (χ0v) is 9.42. The zero-order chi connectivity index (χ0) is 12.3. The highest BCUT2D eigenvalue weighted by molar-refractivity contribution is 5.89. The van der Waals surface area contributed by atoms with Crippen molar-refractivity contribution in [2.45, 2.75) is 13.3 Å². The van der Waals surface area contributed by atoms with E-state index >= 15 is 0 Å². The van der Waals surface area contributed by atoms with E-state index in [1.54, 1.807) is 30.5 Å². The van der Waals surface area contributed by atoms with Crippen LogP contribution in [0.4, 0.5) is 0 Å². The molecule has 86 valence electrons. The molecule has 1 N–H and O–H groups in total. The minimum atomic E-state index is -0.946. The normalized spacial score (nSPS) is 10.2. The third kappa shape index (κ3) is 2.47. The quantitative estimate of drug-likeness (QED) is 0.876. The third-order valence-electron chi connectivity index (χ3n) is 2.44. The van der Waals surface area contributed by atoms with Crippen molar-refractivity contribution in [2.24, 2.45) is 0 Å². The smallest absolute Gasteiger partial charge is 0.335 e. The molecule has 0 saturated heterocycles. The molecule has 1 heterocycles. The summed E-state index contributed by atoms with van der Waals surface area (Å²) in [5.41, 5.74) is 1.91. The molecule has 0 saturated carbocycles. The standard InChI is InChI=1S/C13H12N2O2/c1-2-11-6-7-14-12(15-11)9-4-3-5-10(8-9)13(16)17/h3-8H,2H2,1H3,(H,16,17). The summed E-state index contributed by atoms with van der Waals surface area (Å²) in [5, 5.41) is 8.92. The van der Waals surface area contributed by atoms with Crippen LogP contribution in [0.15, 0.2) is 36.5 Å². The second-order valence-corrected chi connectivity index (χ2v) is 3.61. The molecule has 0 amide bonds. The summed E-state index contributed by atoms with van der Waals surface area (Å²) in [6.45, 7) is 2.01. The monoisotopic (exact) mass is 228 g/mol. The van der Waals surface area contributed by atoms with Crippen LogP contribution in [-0.4, -0.2) is 21.0 Å². The second kappa shape index (κ2) is 4.74. The lowest BCUT2D eigenvalue weighted by atomic mass is 10.1. The number of aryl methyl sites for hydroxylation is 1. The van der Waals surface area contributed by atoms with E-state index in [-0.39, 0.29) is 5.56 Å². The Kier molecular flexibility index (Phi) is 3.14. The fraction of sp³-hybridized carbons (Fsp3) is 0.154. The maximum atomic E-state index is 10.9. The Balaban J connectivity index is 2.45. The van der Waals surface area contributed by atoms with E-state index in [0.29, 0.717) is 5.82 Å². The van der Waals surface area contributed by atoms with Crippen LogP contribution in [0.3, 0.4) is 0 Å². The summed E-state index contributed by atoms with van der Waals surface area (Å²) in [6.07, 6.45) is 2.52. The van der Waals surface area contributed by atoms with Crippen molar-refractivity contribution in [3.63, 3.8) is 0 Å². The van der Waals surface area contributed by atoms with Crippen molar-refractivity contribution in [3.05, 3.63) is 47.8 Å². The van der Waals surface area contributed by atoms with Crippen LogP contribution >= 0.6 is 0 Å². The molecule has 0 bridgehead atoms. The number of aromatic nitrogens is 2. The topological polar surface area (TPSA) is 63.1 Å². The minimum Gasteiger partial charge on any atom is -0.478 e. The lowest BCUT2D eigenvalue weighted by Gasteiger charge is -2.03. The molecule has 0 aliphatic carbocycles. The molecule has 0 aliphatic rings. The molecule has 17 heavy (non-hydrogen) atoms. The van der Waals surface area contributed by atoms with Crippen molar-refractivity contribution in [1.29, 1.82) is 0 Å². The van der Waals surface area contributed by atoms with Gasteiger partial charge >= 0.3 is 5.97 Å². The molecule has 0 aliphatic heterocycles. The number of aromatic carboxylic acids is 1. The zero-order valence-electron chi connectivity index (χ0n) is 9.42. The van der Waals surface area contributed by atoms with Gasteiger partial charge in [0, 0.05) is 17.5 Å². The fourth-order valence-corrected chi connectivity index (χ4v) is 1.52. The highest BCUT2D eigenvalue weighted by Crippen LogP contribution is 2.16. The first-order chi connectivity index (χ1) is 8.20. The van der Waals surface area contributed by atoms with Crippen LogP contribution < -0.4 is 0 Å². The average molecular weight is 228 g/mol. The van der Waals surface area contributed by atoms with Crippen LogP contribution in [0.2, 0.25) is 0 Å². The molecule has 0 spiro atoms. The number of benzene rings is 1. The van der Waals surface area contributed by atoms with Gasteiger partial charge in [0.2, 0.25) is 0 Å². The molecule has 0 fully saturated rings. The molecule has 0 radical (unpaired) electrons. The maximum absolute atomic E-state index is 10.9. The molecule has 4 nitrogen and oxygen atoms in total. The summed E-state index contributed by atoms with van der Waals surface area (Å²) in [5.74, 6) is -0.383. The first kappa shape index (κ1) is 11.3. The number of carboxylic acids is 1. The third-order valence-corrected chi connectivity index (χ3v) is 2.44. The Morgan fingerprint density at radius 1 is 1.35 bits per heavy atom. The Hall–Kier alpha value is -2.23. The number of rotatable bonds is 3. The van der Waals surface area contributed by atoms with Gasteiger partial charge in [-0.25, -0.2) is 14.8 Å². The summed E-state index contributed by atoms with van der Waals surface area (Å²) in [6, 6.07) is 8.49. The van der Waals surface area contributed by atoms with E-state index in [1.807, 2.05) is 13.0 Å². The Bertz CT molecular complexity index is 553. The number of carboxylic acid groups (broad SMARTS) is 1. The first-order valence-corrected chi connectivity index (χ1v) is 5.36. The lowest BCUT2D eigenvalue weighted by Crippen LogP contribution is -1.98. The number of nitrogens with zero attached hydrogens (tertiary/aromatic N) is 2. The van der Waals surface area contributed by atoms with Crippen LogP contribution in [-0.2, 0) is 6.42 Å². The first-order valence-electron chi connectivity index (χ1n) is 5.36. The lowest BCUT2D eigenvalue weighted by molar-refractivity contribution is 0.0697. The Morgan fingerprint density at radius 3 is 2.88 bits per heavy atom. The van der Waals surface area contributed by atoms with Crippen LogP contribution in [0.25, 0.3) is 11.4 Å². The highest BCUT2D eigenvalue weighted by atomic mass is 16.4. The largest absolute Gasteiger partial charge is 0.478 e.